The zero-order chi connectivity index (χ0) is 15.4. The SMILES string of the molecule is CC(C)C(=O)Nc1cccc(NC(=O)c2nonc2N)c1. The van der Waals surface area contributed by atoms with Crippen LogP contribution in [0.5, 0.6) is 0 Å². The highest BCUT2D eigenvalue weighted by atomic mass is 16.6. The van der Waals surface area contributed by atoms with Crippen molar-refractivity contribution in [2.75, 3.05) is 16.4 Å². The van der Waals surface area contributed by atoms with Crippen molar-refractivity contribution in [1.29, 1.82) is 0 Å². The number of nitrogens with two attached hydrogens (primary N) is 1. The Bertz CT molecular complexity index is 665. The van der Waals surface area contributed by atoms with Crippen LogP contribution in [0.3, 0.4) is 0 Å². The van der Waals surface area contributed by atoms with E-state index in [4.69, 9.17) is 5.73 Å². The summed E-state index contributed by atoms with van der Waals surface area (Å²) in [6.07, 6.45) is 0. The van der Waals surface area contributed by atoms with Crippen LogP contribution in [-0.4, -0.2) is 22.1 Å². The molecule has 0 saturated carbocycles. The quantitative estimate of drug-likeness (QED) is 0.783. The Hall–Kier alpha value is -2.90. The maximum atomic E-state index is 11.9. The van der Waals surface area contributed by atoms with Gasteiger partial charge in [0.2, 0.25) is 17.4 Å². The molecule has 0 fully saturated rings. The Balaban J connectivity index is 2.09. The Kier molecular flexibility index (Phi) is 4.17. The summed E-state index contributed by atoms with van der Waals surface area (Å²) in [5, 5.41) is 12.1. The van der Waals surface area contributed by atoms with E-state index in [1.165, 1.54) is 0 Å². The second kappa shape index (κ2) is 6.04. The molecule has 0 unspecified atom stereocenters. The first-order chi connectivity index (χ1) is 9.97. The molecule has 0 aliphatic rings. The first kappa shape index (κ1) is 14.5. The minimum atomic E-state index is -0.541. The van der Waals surface area contributed by atoms with E-state index in [0.29, 0.717) is 11.4 Å². The fraction of sp³-hybridized carbons (Fsp3) is 0.231. The van der Waals surface area contributed by atoms with Crippen LogP contribution in [0, 0.1) is 5.92 Å². The summed E-state index contributed by atoms with van der Waals surface area (Å²) in [5.74, 6) is -0.870. The fourth-order valence-corrected chi connectivity index (χ4v) is 1.50. The molecule has 2 amide bonds. The molecule has 0 radical (unpaired) electrons. The Morgan fingerprint density at radius 1 is 1.19 bits per heavy atom. The van der Waals surface area contributed by atoms with Gasteiger partial charge in [0, 0.05) is 17.3 Å². The maximum Gasteiger partial charge on any atom is 0.281 e. The number of anilines is 3. The molecule has 0 aliphatic heterocycles. The van der Waals surface area contributed by atoms with Crippen LogP contribution >= 0.6 is 0 Å². The van der Waals surface area contributed by atoms with E-state index in [1.807, 2.05) is 0 Å². The van der Waals surface area contributed by atoms with E-state index in [0.717, 1.165) is 0 Å². The van der Waals surface area contributed by atoms with Crippen LogP contribution in [0.25, 0.3) is 0 Å². The third-order valence-electron chi connectivity index (χ3n) is 2.64. The summed E-state index contributed by atoms with van der Waals surface area (Å²) in [5.41, 5.74) is 6.42. The van der Waals surface area contributed by atoms with Crippen molar-refractivity contribution in [3.63, 3.8) is 0 Å². The van der Waals surface area contributed by atoms with Crippen LogP contribution < -0.4 is 16.4 Å². The molecule has 0 bridgehead atoms. The molecule has 0 saturated heterocycles. The molecule has 1 aromatic heterocycles. The largest absolute Gasteiger partial charge is 0.379 e. The van der Waals surface area contributed by atoms with Crippen molar-refractivity contribution < 1.29 is 14.2 Å². The lowest BCUT2D eigenvalue weighted by molar-refractivity contribution is -0.118. The summed E-state index contributed by atoms with van der Waals surface area (Å²) < 4.78 is 4.36. The van der Waals surface area contributed by atoms with Gasteiger partial charge in [-0.15, -0.1) is 0 Å². The molecular weight excluding hydrogens is 274 g/mol. The molecule has 0 aliphatic carbocycles. The molecule has 2 rings (SSSR count). The van der Waals surface area contributed by atoms with Crippen LogP contribution in [0.4, 0.5) is 17.2 Å². The normalized spacial score (nSPS) is 10.4. The van der Waals surface area contributed by atoms with Crippen molar-refractivity contribution in [3.8, 4) is 0 Å². The number of nitrogens with one attached hydrogen (secondary N) is 2. The smallest absolute Gasteiger partial charge is 0.281 e. The van der Waals surface area contributed by atoms with Gasteiger partial charge in [-0.2, -0.15) is 0 Å². The maximum absolute atomic E-state index is 11.9. The monoisotopic (exact) mass is 289 g/mol. The van der Waals surface area contributed by atoms with Gasteiger partial charge in [0.15, 0.2) is 0 Å². The van der Waals surface area contributed by atoms with Gasteiger partial charge < -0.3 is 16.4 Å². The summed E-state index contributed by atoms with van der Waals surface area (Å²) in [7, 11) is 0. The number of benzene rings is 1. The lowest BCUT2D eigenvalue weighted by atomic mass is 10.2. The minimum absolute atomic E-state index is 0.0863. The van der Waals surface area contributed by atoms with Gasteiger partial charge >= 0.3 is 0 Å². The van der Waals surface area contributed by atoms with Crippen molar-refractivity contribution in [2.24, 2.45) is 5.92 Å². The Morgan fingerprint density at radius 2 is 1.86 bits per heavy atom. The van der Waals surface area contributed by atoms with E-state index in [2.05, 4.69) is 25.6 Å². The first-order valence-electron chi connectivity index (χ1n) is 6.27. The number of rotatable bonds is 4. The summed E-state index contributed by atoms with van der Waals surface area (Å²) in [6, 6.07) is 6.73. The minimum Gasteiger partial charge on any atom is -0.379 e. The van der Waals surface area contributed by atoms with Crippen molar-refractivity contribution >= 4 is 29.0 Å². The number of carbonyl (C=O) groups is 2. The van der Waals surface area contributed by atoms with E-state index in [1.54, 1.807) is 38.1 Å². The molecule has 21 heavy (non-hydrogen) atoms. The van der Waals surface area contributed by atoms with E-state index >= 15 is 0 Å². The lowest BCUT2D eigenvalue weighted by Crippen LogP contribution is -2.18. The third-order valence-corrected chi connectivity index (χ3v) is 2.64. The number of nitrogens with zero attached hydrogens (tertiary/aromatic N) is 2. The van der Waals surface area contributed by atoms with Crippen molar-refractivity contribution in [2.45, 2.75) is 13.8 Å². The number of hydrogen-bond acceptors (Lipinski definition) is 6. The standard InChI is InChI=1S/C13H15N5O3/c1-7(2)12(19)15-8-4-3-5-9(6-8)16-13(20)10-11(14)18-21-17-10/h3-7H,1-2H3,(H2,14,18)(H,15,19)(H,16,20). The van der Waals surface area contributed by atoms with Crippen LogP contribution in [-0.2, 0) is 4.79 Å². The number of carbonyl (C=O) groups excluding carboxylic acids is 2. The molecule has 4 N–H and O–H groups in total. The van der Waals surface area contributed by atoms with E-state index in [9.17, 15) is 9.59 Å². The molecule has 1 aromatic carbocycles. The zero-order valence-corrected chi connectivity index (χ0v) is 11.6. The Morgan fingerprint density at radius 3 is 2.43 bits per heavy atom. The molecule has 0 spiro atoms. The molecule has 8 heteroatoms. The van der Waals surface area contributed by atoms with Crippen molar-refractivity contribution in [3.05, 3.63) is 30.0 Å². The fourth-order valence-electron chi connectivity index (χ4n) is 1.50. The van der Waals surface area contributed by atoms with Gasteiger partial charge in [-0.25, -0.2) is 4.63 Å². The van der Waals surface area contributed by atoms with Crippen LogP contribution in [0.2, 0.25) is 0 Å². The highest BCUT2D eigenvalue weighted by Crippen LogP contribution is 2.17. The van der Waals surface area contributed by atoms with E-state index in [-0.39, 0.29) is 23.3 Å². The molecule has 110 valence electrons. The number of hydrogen-bond donors (Lipinski definition) is 3. The number of aromatic nitrogens is 2. The molecule has 0 atom stereocenters. The Labute approximate surface area is 120 Å². The van der Waals surface area contributed by atoms with Gasteiger partial charge in [0.05, 0.1) is 0 Å². The molecule has 8 nitrogen and oxygen atoms in total. The summed E-state index contributed by atoms with van der Waals surface area (Å²) in [6.45, 7) is 3.59. The van der Waals surface area contributed by atoms with Crippen LogP contribution in [0.15, 0.2) is 28.9 Å². The lowest BCUT2D eigenvalue weighted by Gasteiger charge is -2.09. The molecule has 1 heterocycles. The molecule has 2 aromatic rings. The van der Waals surface area contributed by atoms with Crippen LogP contribution in [0.1, 0.15) is 24.3 Å². The van der Waals surface area contributed by atoms with Gasteiger partial charge in [0.25, 0.3) is 5.91 Å². The van der Waals surface area contributed by atoms with Gasteiger partial charge in [-0.1, -0.05) is 19.9 Å². The second-order valence-corrected chi connectivity index (χ2v) is 4.68. The highest BCUT2D eigenvalue weighted by molar-refractivity contribution is 6.05. The first-order valence-corrected chi connectivity index (χ1v) is 6.27. The van der Waals surface area contributed by atoms with Crippen molar-refractivity contribution in [1.82, 2.24) is 10.3 Å². The topological polar surface area (TPSA) is 123 Å². The van der Waals surface area contributed by atoms with Gasteiger partial charge in [-0.3, -0.25) is 9.59 Å². The molecular formula is C13H15N5O3. The highest BCUT2D eigenvalue weighted by Gasteiger charge is 2.16. The summed E-state index contributed by atoms with van der Waals surface area (Å²) in [4.78, 5) is 23.5. The summed E-state index contributed by atoms with van der Waals surface area (Å²) >= 11 is 0. The van der Waals surface area contributed by atoms with Gasteiger partial charge in [-0.05, 0) is 28.5 Å². The third kappa shape index (κ3) is 3.56. The van der Waals surface area contributed by atoms with Gasteiger partial charge in [0.1, 0.15) is 0 Å². The number of amides is 2. The predicted octanol–water partition coefficient (Wildman–Crippen LogP) is 1.50. The second-order valence-electron chi connectivity index (χ2n) is 4.68. The average molecular weight is 289 g/mol. The average Bonchev–Trinajstić information content (AvgIpc) is 2.85. The predicted molar refractivity (Wildman–Crippen MR) is 76.6 cm³/mol. The van der Waals surface area contributed by atoms with E-state index < -0.39 is 5.91 Å². The zero-order valence-electron chi connectivity index (χ0n) is 11.6. The number of nitrogen functional groups attached to an aromatic ring is 1.